The van der Waals surface area contributed by atoms with Gasteiger partial charge in [-0.25, -0.2) is 0 Å². The average molecular weight is 261 g/mol. The molecule has 1 aliphatic heterocycles. The molecule has 0 radical (unpaired) electrons. The minimum Gasteiger partial charge on any atom is -0.481 e. The third-order valence-corrected chi connectivity index (χ3v) is 4.12. The van der Waals surface area contributed by atoms with Crippen molar-refractivity contribution in [3.63, 3.8) is 0 Å². The van der Waals surface area contributed by atoms with E-state index in [9.17, 15) is 4.79 Å². The molecule has 1 fully saturated rings. The number of carbonyl (C=O) groups is 1. The molecule has 0 unspecified atom stereocenters. The Kier molecular flexibility index (Phi) is 4.59. The molecule has 0 aliphatic carbocycles. The molecule has 3 nitrogen and oxygen atoms in total. The first kappa shape index (κ1) is 14.1. The quantitative estimate of drug-likeness (QED) is 0.905. The summed E-state index contributed by atoms with van der Waals surface area (Å²) in [5.74, 6) is -0.772. The van der Waals surface area contributed by atoms with Crippen molar-refractivity contribution in [2.24, 2.45) is 0 Å². The van der Waals surface area contributed by atoms with Gasteiger partial charge >= 0.3 is 5.97 Å². The van der Waals surface area contributed by atoms with E-state index >= 15 is 0 Å². The third-order valence-electron chi connectivity index (χ3n) is 4.12. The summed E-state index contributed by atoms with van der Waals surface area (Å²) >= 11 is 0. The molecule has 0 saturated carbocycles. The number of hydrogen-bond acceptors (Lipinski definition) is 2. The summed E-state index contributed by atoms with van der Waals surface area (Å²) in [7, 11) is 0. The Morgan fingerprint density at radius 2 is 1.68 bits per heavy atom. The van der Waals surface area contributed by atoms with Crippen molar-refractivity contribution in [3.8, 4) is 0 Å². The lowest BCUT2D eigenvalue weighted by Gasteiger charge is -2.39. The molecule has 1 heterocycles. The van der Waals surface area contributed by atoms with Crippen LogP contribution in [0.5, 0.6) is 0 Å². The highest BCUT2D eigenvalue weighted by Crippen LogP contribution is 2.24. The lowest BCUT2D eigenvalue weighted by Crippen LogP contribution is -2.42. The highest BCUT2D eigenvalue weighted by atomic mass is 16.4. The first-order valence-electron chi connectivity index (χ1n) is 7.11. The van der Waals surface area contributed by atoms with Crippen LogP contribution in [-0.4, -0.2) is 28.1 Å². The van der Waals surface area contributed by atoms with Gasteiger partial charge in [0.25, 0.3) is 0 Å². The van der Waals surface area contributed by atoms with Crippen molar-refractivity contribution in [3.05, 3.63) is 35.4 Å². The maximum absolute atomic E-state index is 10.6. The number of hydrogen-bond donors (Lipinski definition) is 1. The largest absolute Gasteiger partial charge is 0.481 e. The van der Waals surface area contributed by atoms with Gasteiger partial charge in [-0.3, -0.25) is 9.69 Å². The van der Waals surface area contributed by atoms with Crippen molar-refractivity contribution in [1.82, 2.24) is 4.90 Å². The number of benzene rings is 1. The van der Waals surface area contributed by atoms with Crippen LogP contribution in [0.4, 0.5) is 0 Å². The second kappa shape index (κ2) is 6.20. The second-order valence-electron chi connectivity index (χ2n) is 5.69. The van der Waals surface area contributed by atoms with Crippen LogP contribution in [0, 0.1) is 0 Å². The van der Waals surface area contributed by atoms with Gasteiger partial charge in [0.15, 0.2) is 0 Å². The van der Waals surface area contributed by atoms with Crippen molar-refractivity contribution < 1.29 is 9.90 Å². The summed E-state index contributed by atoms with van der Waals surface area (Å²) in [6, 6.07) is 9.27. The van der Waals surface area contributed by atoms with Crippen molar-refractivity contribution in [2.75, 3.05) is 0 Å². The second-order valence-corrected chi connectivity index (χ2v) is 5.69. The molecule has 0 spiro atoms. The Bertz CT molecular complexity index is 417. The average Bonchev–Trinajstić information content (AvgIpc) is 2.35. The summed E-state index contributed by atoms with van der Waals surface area (Å²) in [5, 5.41) is 8.76. The zero-order valence-corrected chi connectivity index (χ0v) is 11.8. The van der Waals surface area contributed by atoms with Crippen LogP contribution in [-0.2, 0) is 17.8 Å². The number of carboxylic acid groups (broad SMARTS) is 1. The fourth-order valence-corrected chi connectivity index (χ4v) is 2.93. The summed E-state index contributed by atoms with van der Waals surface area (Å²) in [6.07, 6.45) is 4.00. The van der Waals surface area contributed by atoms with Gasteiger partial charge in [-0.05, 0) is 37.8 Å². The molecule has 3 heteroatoms. The Labute approximate surface area is 115 Å². The van der Waals surface area contributed by atoms with Gasteiger partial charge in [-0.2, -0.15) is 0 Å². The molecule has 19 heavy (non-hydrogen) atoms. The standard InChI is InChI=1S/C16H23NO2/c1-12-4-3-5-13(2)17(12)11-15-8-6-14(7-9-15)10-16(18)19/h6-9,12-13H,3-5,10-11H2,1-2H3,(H,18,19)/t12-,13+. The van der Waals surface area contributed by atoms with Crippen molar-refractivity contribution in [1.29, 1.82) is 0 Å². The number of carboxylic acids is 1. The predicted octanol–water partition coefficient (Wildman–Crippen LogP) is 3.08. The van der Waals surface area contributed by atoms with E-state index in [4.69, 9.17) is 5.11 Å². The topological polar surface area (TPSA) is 40.5 Å². The van der Waals surface area contributed by atoms with E-state index in [1.807, 2.05) is 12.1 Å². The fraction of sp³-hybridized carbons (Fsp3) is 0.562. The molecule has 2 rings (SSSR count). The highest BCUT2D eigenvalue weighted by Gasteiger charge is 2.24. The van der Waals surface area contributed by atoms with Crippen LogP contribution in [0.3, 0.4) is 0 Å². The maximum Gasteiger partial charge on any atom is 0.307 e. The summed E-state index contributed by atoms with van der Waals surface area (Å²) in [4.78, 5) is 13.2. The van der Waals surface area contributed by atoms with Gasteiger partial charge < -0.3 is 5.11 Å². The molecule has 1 N–H and O–H groups in total. The van der Waals surface area contributed by atoms with Crippen LogP contribution in [0.2, 0.25) is 0 Å². The van der Waals surface area contributed by atoms with Gasteiger partial charge in [-0.15, -0.1) is 0 Å². The number of likely N-dealkylation sites (tertiary alicyclic amines) is 1. The molecular formula is C16H23NO2. The molecule has 104 valence electrons. The summed E-state index contributed by atoms with van der Waals surface area (Å²) in [5.41, 5.74) is 2.14. The maximum atomic E-state index is 10.6. The van der Waals surface area contributed by atoms with Gasteiger partial charge in [0, 0.05) is 18.6 Å². The van der Waals surface area contributed by atoms with E-state index in [0.717, 1.165) is 12.1 Å². The Balaban J connectivity index is 2.00. The third kappa shape index (κ3) is 3.80. The molecule has 1 aromatic carbocycles. The Morgan fingerprint density at radius 3 is 2.21 bits per heavy atom. The summed E-state index contributed by atoms with van der Waals surface area (Å²) < 4.78 is 0. The smallest absolute Gasteiger partial charge is 0.307 e. The number of rotatable bonds is 4. The molecule has 1 aliphatic rings. The van der Waals surface area contributed by atoms with E-state index in [1.54, 1.807) is 0 Å². The molecule has 1 aromatic rings. The van der Waals surface area contributed by atoms with E-state index in [1.165, 1.54) is 24.8 Å². The van der Waals surface area contributed by atoms with E-state index in [-0.39, 0.29) is 6.42 Å². The van der Waals surface area contributed by atoms with Crippen LogP contribution in [0.15, 0.2) is 24.3 Å². The molecule has 0 aromatic heterocycles. The SMILES string of the molecule is C[C@@H]1CCC[C@H](C)N1Cc1ccc(CC(=O)O)cc1. The molecule has 0 bridgehead atoms. The number of nitrogens with zero attached hydrogens (tertiary/aromatic N) is 1. The normalized spacial score (nSPS) is 24.3. The Morgan fingerprint density at radius 1 is 1.16 bits per heavy atom. The monoisotopic (exact) mass is 261 g/mol. The van der Waals surface area contributed by atoms with Crippen LogP contribution < -0.4 is 0 Å². The first-order chi connectivity index (χ1) is 9.06. The van der Waals surface area contributed by atoms with E-state index in [0.29, 0.717) is 12.1 Å². The first-order valence-corrected chi connectivity index (χ1v) is 7.11. The van der Waals surface area contributed by atoms with Crippen LogP contribution >= 0.6 is 0 Å². The Hall–Kier alpha value is -1.35. The van der Waals surface area contributed by atoms with Crippen LogP contribution in [0.1, 0.15) is 44.2 Å². The van der Waals surface area contributed by atoms with Gasteiger partial charge in [0.05, 0.1) is 6.42 Å². The highest BCUT2D eigenvalue weighted by molar-refractivity contribution is 5.70. The number of aliphatic carboxylic acids is 1. The molecule has 0 amide bonds. The zero-order valence-electron chi connectivity index (χ0n) is 11.8. The minimum absolute atomic E-state index is 0.108. The fourth-order valence-electron chi connectivity index (χ4n) is 2.93. The van der Waals surface area contributed by atoms with Gasteiger partial charge in [0.2, 0.25) is 0 Å². The van der Waals surface area contributed by atoms with E-state index in [2.05, 4.69) is 30.9 Å². The minimum atomic E-state index is -0.772. The molecule has 1 saturated heterocycles. The van der Waals surface area contributed by atoms with Crippen LogP contribution in [0.25, 0.3) is 0 Å². The lowest BCUT2D eigenvalue weighted by atomic mass is 9.96. The van der Waals surface area contributed by atoms with E-state index < -0.39 is 5.97 Å². The zero-order chi connectivity index (χ0) is 13.8. The van der Waals surface area contributed by atoms with Crippen molar-refractivity contribution >= 4 is 5.97 Å². The molecular weight excluding hydrogens is 238 g/mol. The molecule has 2 atom stereocenters. The van der Waals surface area contributed by atoms with Gasteiger partial charge in [-0.1, -0.05) is 30.7 Å². The lowest BCUT2D eigenvalue weighted by molar-refractivity contribution is -0.136. The number of piperidine rings is 1. The summed E-state index contributed by atoms with van der Waals surface area (Å²) in [6.45, 7) is 5.57. The van der Waals surface area contributed by atoms with Crippen molar-refractivity contribution in [2.45, 2.75) is 58.2 Å². The van der Waals surface area contributed by atoms with Gasteiger partial charge in [0.1, 0.15) is 0 Å². The predicted molar refractivity (Wildman–Crippen MR) is 76.1 cm³/mol.